The smallest absolute Gasteiger partial charge is 0.233 e. The van der Waals surface area contributed by atoms with E-state index in [1.165, 1.54) is 0 Å². The largest absolute Gasteiger partial charge is 0.370 e. The highest BCUT2D eigenvalue weighted by Gasteiger charge is 1.98. The van der Waals surface area contributed by atoms with Crippen LogP contribution in [0.3, 0.4) is 0 Å². The molecule has 5 heteroatoms. The fourth-order valence-corrected chi connectivity index (χ4v) is 1.01. The van der Waals surface area contributed by atoms with Gasteiger partial charge in [-0.05, 0) is 12.8 Å². The predicted molar refractivity (Wildman–Crippen MR) is 49.2 cm³/mol. The van der Waals surface area contributed by atoms with Crippen molar-refractivity contribution in [1.29, 1.82) is 0 Å². The van der Waals surface area contributed by atoms with Gasteiger partial charge in [-0.2, -0.15) is 0 Å². The number of hydrogen-bond donors (Lipinski definition) is 3. The van der Waals surface area contributed by atoms with Crippen molar-refractivity contribution in [1.82, 2.24) is 5.43 Å². The number of amides is 2. The first-order valence-corrected chi connectivity index (χ1v) is 4.44. The van der Waals surface area contributed by atoms with E-state index >= 15 is 0 Å². The molecule has 0 aliphatic carbocycles. The number of hydrogen-bond acceptors (Lipinski definition) is 3. The van der Waals surface area contributed by atoms with Crippen LogP contribution in [0.2, 0.25) is 0 Å². The van der Waals surface area contributed by atoms with Gasteiger partial charge in [0.25, 0.3) is 0 Å². The maximum absolute atomic E-state index is 10.6. The number of unbranched alkanes of at least 4 members (excludes halogenated alkanes) is 3. The highest BCUT2D eigenvalue weighted by atomic mass is 16.2. The fraction of sp³-hybridized carbons (Fsp3) is 0.750. The van der Waals surface area contributed by atoms with Gasteiger partial charge in [-0.25, -0.2) is 5.84 Å². The SMILES string of the molecule is NNC(=O)CCCCCCC(N)=O. The summed E-state index contributed by atoms with van der Waals surface area (Å²) < 4.78 is 0. The molecule has 0 saturated heterocycles. The van der Waals surface area contributed by atoms with E-state index < -0.39 is 0 Å². The molecular weight excluding hydrogens is 170 g/mol. The van der Waals surface area contributed by atoms with Crippen LogP contribution in [0.25, 0.3) is 0 Å². The summed E-state index contributed by atoms with van der Waals surface area (Å²) in [5, 5.41) is 0. The van der Waals surface area contributed by atoms with Crippen LogP contribution in [0.1, 0.15) is 38.5 Å². The van der Waals surface area contributed by atoms with Crippen LogP contribution in [0.4, 0.5) is 0 Å². The zero-order valence-electron chi connectivity index (χ0n) is 7.71. The molecule has 0 radical (unpaired) electrons. The summed E-state index contributed by atoms with van der Waals surface area (Å²) in [6.45, 7) is 0. The van der Waals surface area contributed by atoms with Crippen molar-refractivity contribution in [3.05, 3.63) is 0 Å². The first kappa shape index (κ1) is 11.9. The molecule has 5 N–H and O–H groups in total. The Hall–Kier alpha value is -1.10. The second-order valence-corrected chi connectivity index (χ2v) is 2.95. The Kier molecular flexibility index (Phi) is 6.91. The third-order valence-corrected chi connectivity index (χ3v) is 1.74. The molecule has 13 heavy (non-hydrogen) atoms. The lowest BCUT2D eigenvalue weighted by Gasteiger charge is -1.99. The molecule has 0 atom stereocenters. The van der Waals surface area contributed by atoms with Crippen molar-refractivity contribution in [2.45, 2.75) is 38.5 Å². The monoisotopic (exact) mass is 187 g/mol. The molecule has 0 aromatic heterocycles. The van der Waals surface area contributed by atoms with Crippen molar-refractivity contribution in [3.8, 4) is 0 Å². The molecule has 0 fully saturated rings. The molecule has 5 nitrogen and oxygen atoms in total. The summed E-state index contributed by atoms with van der Waals surface area (Å²) in [5.74, 6) is 4.48. The van der Waals surface area contributed by atoms with Gasteiger partial charge in [-0.3, -0.25) is 15.0 Å². The first-order chi connectivity index (χ1) is 6.16. The van der Waals surface area contributed by atoms with Gasteiger partial charge >= 0.3 is 0 Å². The van der Waals surface area contributed by atoms with E-state index in [-0.39, 0.29) is 11.8 Å². The zero-order chi connectivity index (χ0) is 10.1. The third kappa shape index (κ3) is 8.81. The molecule has 0 rings (SSSR count). The van der Waals surface area contributed by atoms with Gasteiger partial charge in [-0.15, -0.1) is 0 Å². The number of rotatable bonds is 7. The summed E-state index contributed by atoms with van der Waals surface area (Å²) in [4.78, 5) is 21.0. The minimum atomic E-state index is -0.264. The molecule has 0 aliphatic heterocycles. The second-order valence-electron chi connectivity index (χ2n) is 2.95. The van der Waals surface area contributed by atoms with Gasteiger partial charge in [0, 0.05) is 12.8 Å². The van der Waals surface area contributed by atoms with Gasteiger partial charge in [0.15, 0.2) is 0 Å². The Labute approximate surface area is 77.8 Å². The number of primary amides is 1. The number of carbonyl (C=O) groups excluding carboxylic acids is 2. The molecule has 0 heterocycles. The average Bonchev–Trinajstić information content (AvgIpc) is 2.10. The topological polar surface area (TPSA) is 98.2 Å². The van der Waals surface area contributed by atoms with Crippen molar-refractivity contribution in [3.63, 3.8) is 0 Å². The van der Waals surface area contributed by atoms with Crippen molar-refractivity contribution in [2.75, 3.05) is 0 Å². The molecule has 0 unspecified atom stereocenters. The Morgan fingerprint density at radius 1 is 1.00 bits per heavy atom. The van der Waals surface area contributed by atoms with Crippen molar-refractivity contribution < 1.29 is 9.59 Å². The quantitative estimate of drug-likeness (QED) is 0.223. The van der Waals surface area contributed by atoms with E-state index in [4.69, 9.17) is 11.6 Å². The molecule has 0 spiro atoms. The van der Waals surface area contributed by atoms with E-state index in [2.05, 4.69) is 5.43 Å². The molecule has 0 saturated carbocycles. The Morgan fingerprint density at radius 2 is 1.54 bits per heavy atom. The minimum Gasteiger partial charge on any atom is -0.370 e. The molecule has 0 aromatic carbocycles. The van der Waals surface area contributed by atoms with Gasteiger partial charge in [-0.1, -0.05) is 12.8 Å². The number of hydrazine groups is 1. The van der Waals surface area contributed by atoms with Crippen molar-refractivity contribution in [2.24, 2.45) is 11.6 Å². The fourth-order valence-electron chi connectivity index (χ4n) is 1.01. The molecule has 0 aromatic rings. The highest BCUT2D eigenvalue weighted by Crippen LogP contribution is 2.04. The summed E-state index contributed by atoms with van der Waals surface area (Å²) in [6, 6.07) is 0. The predicted octanol–water partition coefficient (Wildman–Crippen LogP) is -0.198. The van der Waals surface area contributed by atoms with Gasteiger partial charge in [0.05, 0.1) is 0 Å². The van der Waals surface area contributed by atoms with E-state index in [0.717, 1.165) is 25.7 Å². The minimum absolute atomic E-state index is 0.144. The average molecular weight is 187 g/mol. The van der Waals surface area contributed by atoms with Crippen LogP contribution in [0.15, 0.2) is 0 Å². The second kappa shape index (κ2) is 7.54. The summed E-state index contributed by atoms with van der Waals surface area (Å²) in [6.07, 6.45) is 4.36. The molecule has 0 aliphatic rings. The normalized spacial score (nSPS) is 9.62. The van der Waals surface area contributed by atoms with E-state index in [1.54, 1.807) is 0 Å². The lowest BCUT2D eigenvalue weighted by atomic mass is 10.1. The molecule has 76 valence electrons. The maximum Gasteiger partial charge on any atom is 0.233 e. The molecule has 2 amide bonds. The molecular formula is C8H17N3O2. The van der Waals surface area contributed by atoms with Crippen molar-refractivity contribution >= 4 is 11.8 Å². The van der Waals surface area contributed by atoms with Crippen LogP contribution >= 0.6 is 0 Å². The summed E-state index contributed by atoms with van der Waals surface area (Å²) >= 11 is 0. The zero-order valence-corrected chi connectivity index (χ0v) is 7.71. The third-order valence-electron chi connectivity index (χ3n) is 1.74. The molecule has 0 bridgehead atoms. The standard InChI is InChI=1S/C8H17N3O2/c9-7(12)5-3-1-2-4-6-8(13)11-10/h1-6,10H2,(H2,9,12)(H,11,13). The van der Waals surface area contributed by atoms with Gasteiger partial charge in [0.1, 0.15) is 0 Å². The van der Waals surface area contributed by atoms with E-state index in [1.807, 2.05) is 0 Å². The summed E-state index contributed by atoms with van der Waals surface area (Å²) in [5.41, 5.74) is 7.02. The van der Waals surface area contributed by atoms with Crippen LogP contribution in [0, 0.1) is 0 Å². The van der Waals surface area contributed by atoms with E-state index in [0.29, 0.717) is 12.8 Å². The Balaban J connectivity index is 3.08. The first-order valence-electron chi connectivity index (χ1n) is 4.44. The van der Waals surface area contributed by atoms with Crippen LogP contribution < -0.4 is 17.0 Å². The maximum atomic E-state index is 10.6. The number of nitrogens with two attached hydrogens (primary N) is 2. The van der Waals surface area contributed by atoms with Crippen LogP contribution in [0.5, 0.6) is 0 Å². The number of carbonyl (C=O) groups is 2. The summed E-state index contributed by atoms with van der Waals surface area (Å²) in [7, 11) is 0. The van der Waals surface area contributed by atoms with Crippen LogP contribution in [-0.4, -0.2) is 11.8 Å². The van der Waals surface area contributed by atoms with Gasteiger partial charge in [0.2, 0.25) is 11.8 Å². The lowest BCUT2D eigenvalue weighted by Crippen LogP contribution is -2.29. The van der Waals surface area contributed by atoms with E-state index in [9.17, 15) is 9.59 Å². The Bertz CT molecular complexity index is 171. The lowest BCUT2D eigenvalue weighted by molar-refractivity contribution is -0.121. The number of nitrogens with one attached hydrogen (secondary N) is 1. The Morgan fingerprint density at radius 3 is 2.00 bits per heavy atom. The van der Waals surface area contributed by atoms with Gasteiger partial charge < -0.3 is 5.73 Å². The van der Waals surface area contributed by atoms with Crippen LogP contribution in [-0.2, 0) is 9.59 Å². The highest BCUT2D eigenvalue weighted by molar-refractivity contribution is 5.75.